The van der Waals surface area contributed by atoms with E-state index in [1.807, 2.05) is 29.3 Å². The zero-order valence-corrected chi connectivity index (χ0v) is 20.3. The Bertz CT molecular complexity index is 1220. The molecule has 0 bridgehead atoms. The summed E-state index contributed by atoms with van der Waals surface area (Å²) in [6, 6.07) is 12.4. The van der Waals surface area contributed by atoms with Gasteiger partial charge in [0.1, 0.15) is 9.88 Å². The van der Waals surface area contributed by atoms with Crippen LogP contribution in [0.4, 0.5) is 0 Å². The average Bonchev–Trinajstić information content (AvgIpc) is 3.60. The summed E-state index contributed by atoms with van der Waals surface area (Å²) in [7, 11) is 0. The van der Waals surface area contributed by atoms with Crippen LogP contribution in [0.2, 0.25) is 0 Å². The molecule has 1 fully saturated rings. The van der Waals surface area contributed by atoms with Crippen molar-refractivity contribution in [1.82, 2.24) is 24.9 Å². The molecule has 0 unspecified atom stereocenters. The SMILES string of the molecule is CCc1ccc(-c2nc(C)c(C(=O)N3CCN(Cc4nc(-c5cccs5)no4)CC3)s2)cc1. The summed E-state index contributed by atoms with van der Waals surface area (Å²) >= 11 is 3.08. The highest BCUT2D eigenvalue weighted by Crippen LogP contribution is 2.29. The number of amides is 1. The van der Waals surface area contributed by atoms with Crippen molar-refractivity contribution in [1.29, 1.82) is 0 Å². The molecule has 0 atom stereocenters. The number of hydrogen-bond acceptors (Lipinski definition) is 8. The molecule has 0 aliphatic carbocycles. The molecule has 1 amide bonds. The summed E-state index contributed by atoms with van der Waals surface area (Å²) in [6.45, 7) is 7.54. The number of hydrogen-bond donors (Lipinski definition) is 0. The number of carbonyl (C=O) groups is 1. The number of carbonyl (C=O) groups excluding carboxylic acids is 1. The van der Waals surface area contributed by atoms with Gasteiger partial charge in [-0.05, 0) is 30.4 Å². The van der Waals surface area contributed by atoms with Crippen LogP contribution in [0.15, 0.2) is 46.3 Å². The fraction of sp³-hybridized carbons (Fsp3) is 0.333. The minimum absolute atomic E-state index is 0.0684. The Balaban J connectivity index is 1.20. The number of nitrogens with zero attached hydrogens (tertiary/aromatic N) is 5. The molecule has 0 radical (unpaired) electrons. The Morgan fingerprint density at radius 1 is 1.09 bits per heavy atom. The van der Waals surface area contributed by atoms with Crippen molar-refractivity contribution in [2.75, 3.05) is 26.2 Å². The van der Waals surface area contributed by atoms with Crippen molar-refractivity contribution in [2.45, 2.75) is 26.8 Å². The van der Waals surface area contributed by atoms with E-state index < -0.39 is 0 Å². The van der Waals surface area contributed by atoms with Crippen molar-refractivity contribution in [3.8, 4) is 21.3 Å². The minimum atomic E-state index is 0.0684. The van der Waals surface area contributed by atoms with Crippen LogP contribution in [0, 0.1) is 6.92 Å². The Hall–Kier alpha value is -2.88. The van der Waals surface area contributed by atoms with Crippen LogP contribution in [0.3, 0.4) is 0 Å². The Kier molecular flexibility index (Phi) is 6.34. The van der Waals surface area contributed by atoms with Crippen LogP contribution in [0.5, 0.6) is 0 Å². The number of piperazine rings is 1. The molecule has 4 aromatic rings. The Morgan fingerprint density at radius 3 is 2.58 bits per heavy atom. The van der Waals surface area contributed by atoms with Gasteiger partial charge in [0, 0.05) is 31.7 Å². The summed E-state index contributed by atoms with van der Waals surface area (Å²) in [4.78, 5) is 28.3. The standard InChI is InChI=1S/C24H25N5O2S2/c1-3-17-6-8-18(9-7-17)23-25-16(2)21(33-23)24(30)29-12-10-28(11-13-29)15-20-26-22(27-31-20)19-5-4-14-32-19/h4-9,14H,3,10-13,15H2,1-2H3. The molecule has 9 heteroatoms. The lowest BCUT2D eigenvalue weighted by Gasteiger charge is -2.33. The van der Waals surface area contributed by atoms with Crippen LogP contribution in [0.1, 0.15) is 33.7 Å². The number of thiazole rings is 1. The number of thiophene rings is 1. The van der Waals surface area contributed by atoms with Crippen LogP contribution in [0.25, 0.3) is 21.3 Å². The number of benzene rings is 1. The second-order valence-electron chi connectivity index (χ2n) is 8.04. The normalized spacial score (nSPS) is 14.7. The fourth-order valence-electron chi connectivity index (χ4n) is 3.87. The van der Waals surface area contributed by atoms with E-state index in [4.69, 9.17) is 4.52 Å². The predicted octanol–water partition coefficient (Wildman–Crippen LogP) is 4.75. The number of rotatable bonds is 6. The zero-order valence-electron chi connectivity index (χ0n) is 18.7. The number of aryl methyl sites for hydroxylation is 2. The molecule has 1 aliphatic rings. The molecule has 1 aromatic carbocycles. The lowest BCUT2D eigenvalue weighted by atomic mass is 10.1. The highest BCUT2D eigenvalue weighted by Gasteiger charge is 2.26. The third-order valence-corrected chi connectivity index (χ3v) is 7.89. The van der Waals surface area contributed by atoms with Crippen LogP contribution in [-0.4, -0.2) is 57.0 Å². The maximum Gasteiger partial charge on any atom is 0.265 e. The first-order chi connectivity index (χ1) is 16.1. The van der Waals surface area contributed by atoms with Crippen molar-refractivity contribution >= 4 is 28.6 Å². The maximum atomic E-state index is 13.2. The van der Waals surface area contributed by atoms with Gasteiger partial charge in [-0.2, -0.15) is 4.98 Å². The molecule has 0 saturated carbocycles. The third-order valence-electron chi connectivity index (χ3n) is 5.83. The van der Waals surface area contributed by atoms with Crippen molar-refractivity contribution in [2.24, 2.45) is 0 Å². The van der Waals surface area contributed by atoms with Gasteiger partial charge in [-0.15, -0.1) is 22.7 Å². The quantitative estimate of drug-likeness (QED) is 0.397. The largest absolute Gasteiger partial charge is 0.338 e. The average molecular weight is 480 g/mol. The molecule has 1 aliphatic heterocycles. The van der Waals surface area contributed by atoms with E-state index >= 15 is 0 Å². The van der Waals surface area contributed by atoms with E-state index in [2.05, 4.69) is 51.2 Å². The Morgan fingerprint density at radius 2 is 1.88 bits per heavy atom. The van der Waals surface area contributed by atoms with Gasteiger partial charge >= 0.3 is 0 Å². The monoisotopic (exact) mass is 479 g/mol. The maximum absolute atomic E-state index is 13.2. The van der Waals surface area contributed by atoms with Gasteiger partial charge in [0.2, 0.25) is 11.7 Å². The summed E-state index contributed by atoms with van der Waals surface area (Å²) in [6.07, 6.45) is 1.01. The molecule has 0 N–H and O–H groups in total. The van der Waals surface area contributed by atoms with E-state index in [0.29, 0.717) is 31.3 Å². The van der Waals surface area contributed by atoms with E-state index in [-0.39, 0.29) is 5.91 Å². The molecule has 4 heterocycles. The summed E-state index contributed by atoms with van der Waals surface area (Å²) < 4.78 is 5.43. The second kappa shape index (κ2) is 9.54. The van der Waals surface area contributed by atoms with Gasteiger partial charge in [0.15, 0.2) is 0 Å². The van der Waals surface area contributed by atoms with Gasteiger partial charge in [0.25, 0.3) is 5.91 Å². The molecule has 170 valence electrons. The van der Waals surface area contributed by atoms with E-state index in [1.54, 1.807) is 11.3 Å². The first-order valence-corrected chi connectivity index (χ1v) is 12.7. The van der Waals surface area contributed by atoms with E-state index in [1.165, 1.54) is 16.9 Å². The molecule has 7 nitrogen and oxygen atoms in total. The predicted molar refractivity (Wildman–Crippen MR) is 130 cm³/mol. The van der Waals surface area contributed by atoms with Gasteiger partial charge < -0.3 is 9.42 Å². The van der Waals surface area contributed by atoms with Gasteiger partial charge in [-0.1, -0.05) is 42.4 Å². The van der Waals surface area contributed by atoms with Crippen LogP contribution >= 0.6 is 22.7 Å². The lowest BCUT2D eigenvalue weighted by Crippen LogP contribution is -2.48. The second-order valence-corrected chi connectivity index (χ2v) is 9.99. The van der Waals surface area contributed by atoms with Crippen molar-refractivity contribution in [3.63, 3.8) is 0 Å². The highest BCUT2D eigenvalue weighted by atomic mass is 32.1. The molecule has 0 spiro atoms. The molecule has 1 saturated heterocycles. The van der Waals surface area contributed by atoms with E-state index in [9.17, 15) is 4.79 Å². The van der Waals surface area contributed by atoms with Crippen LogP contribution < -0.4 is 0 Å². The molecular weight excluding hydrogens is 454 g/mol. The molecular formula is C24H25N5O2S2. The van der Waals surface area contributed by atoms with Gasteiger partial charge in [-0.3, -0.25) is 9.69 Å². The first-order valence-electron chi connectivity index (χ1n) is 11.1. The van der Waals surface area contributed by atoms with Crippen molar-refractivity contribution < 1.29 is 9.32 Å². The Labute approximate surface area is 200 Å². The summed E-state index contributed by atoms with van der Waals surface area (Å²) in [5.41, 5.74) is 3.16. The highest BCUT2D eigenvalue weighted by molar-refractivity contribution is 7.17. The topological polar surface area (TPSA) is 75.4 Å². The van der Waals surface area contributed by atoms with Crippen molar-refractivity contribution in [3.05, 3.63) is 63.8 Å². The summed E-state index contributed by atoms with van der Waals surface area (Å²) in [5.74, 6) is 1.31. The summed E-state index contributed by atoms with van der Waals surface area (Å²) in [5, 5.41) is 6.98. The third kappa shape index (κ3) is 4.75. The fourth-order valence-corrected chi connectivity index (χ4v) is 5.56. The first kappa shape index (κ1) is 21.9. The molecule has 5 rings (SSSR count). The zero-order chi connectivity index (χ0) is 22.8. The van der Waals surface area contributed by atoms with Gasteiger partial charge in [-0.25, -0.2) is 4.98 Å². The van der Waals surface area contributed by atoms with Gasteiger partial charge in [0.05, 0.1) is 17.1 Å². The van der Waals surface area contributed by atoms with Crippen LogP contribution in [-0.2, 0) is 13.0 Å². The molecule has 33 heavy (non-hydrogen) atoms. The smallest absolute Gasteiger partial charge is 0.265 e. The number of aromatic nitrogens is 3. The minimum Gasteiger partial charge on any atom is -0.338 e. The lowest BCUT2D eigenvalue weighted by molar-refractivity contribution is 0.0619. The van der Waals surface area contributed by atoms with E-state index in [0.717, 1.165) is 45.5 Å². The molecule has 3 aromatic heterocycles.